The zero-order valence-electron chi connectivity index (χ0n) is 15.0. The van der Waals surface area contributed by atoms with Crippen LogP contribution in [0.15, 0.2) is 54.1 Å². The summed E-state index contributed by atoms with van der Waals surface area (Å²) in [6, 6.07) is 10.9. The van der Waals surface area contributed by atoms with E-state index in [1.807, 2.05) is 36.6 Å². The largest absolute Gasteiger partial charge is 0.487 e. The number of ether oxygens (including phenoxy) is 2. The van der Waals surface area contributed by atoms with Crippen molar-refractivity contribution in [1.29, 1.82) is 0 Å². The predicted octanol–water partition coefficient (Wildman–Crippen LogP) is 4.09. The van der Waals surface area contributed by atoms with E-state index in [4.69, 9.17) is 9.47 Å². The molecule has 1 N–H and O–H groups in total. The molecule has 0 unspecified atom stereocenters. The molecule has 0 saturated heterocycles. The van der Waals surface area contributed by atoms with Gasteiger partial charge in [0, 0.05) is 23.1 Å². The topological polar surface area (TPSA) is 73.3 Å². The highest BCUT2D eigenvalue weighted by molar-refractivity contribution is 7.09. The number of thiazole rings is 1. The first-order chi connectivity index (χ1) is 13.1. The molecule has 0 spiro atoms. The van der Waals surface area contributed by atoms with Gasteiger partial charge in [0.15, 0.2) is 0 Å². The number of pyridine rings is 1. The summed E-state index contributed by atoms with van der Waals surface area (Å²) in [5, 5.41) is 5.73. The van der Waals surface area contributed by atoms with Gasteiger partial charge in [0.1, 0.15) is 12.4 Å². The number of anilines is 1. The number of carbonyl (C=O) groups is 1. The van der Waals surface area contributed by atoms with Crippen LogP contribution >= 0.6 is 11.3 Å². The highest BCUT2D eigenvalue weighted by Crippen LogP contribution is 2.21. The van der Waals surface area contributed by atoms with Gasteiger partial charge in [-0.1, -0.05) is 18.2 Å². The van der Waals surface area contributed by atoms with Crippen LogP contribution in [0, 0.1) is 6.92 Å². The second-order valence-corrected chi connectivity index (χ2v) is 6.66. The van der Waals surface area contributed by atoms with Crippen LogP contribution in [-0.2, 0) is 11.4 Å². The van der Waals surface area contributed by atoms with Gasteiger partial charge in [0.2, 0.25) is 11.8 Å². The van der Waals surface area contributed by atoms with Crippen LogP contribution in [0.3, 0.4) is 0 Å². The van der Waals surface area contributed by atoms with Crippen molar-refractivity contribution < 1.29 is 14.3 Å². The molecule has 2 aromatic heterocycles. The number of rotatable bonds is 7. The number of nitrogens with one attached hydrogen (secondary N) is 1. The highest BCUT2D eigenvalue weighted by Gasteiger charge is 2.04. The van der Waals surface area contributed by atoms with Crippen molar-refractivity contribution in [3.05, 3.63) is 70.3 Å². The minimum Gasteiger partial charge on any atom is -0.487 e. The molecular formula is C20H19N3O3S. The van der Waals surface area contributed by atoms with Gasteiger partial charge in [-0.2, -0.15) is 0 Å². The number of para-hydroxylation sites is 1. The van der Waals surface area contributed by atoms with E-state index in [2.05, 4.69) is 15.3 Å². The Morgan fingerprint density at radius 3 is 2.81 bits per heavy atom. The van der Waals surface area contributed by atoms with Crippen molar-refractivity contribution in [3.63, 3.8) is 0 Å². The smallest absolute Gasteiger partial charge is 0.248 e. The van der Waals surface area contributed by atoms with Crippen LogP contribution in [0.4, 0.5) is 5.69 Å². The Morgan fingerprint density at radius 1 is 1.26 bits per heavy atom. The lowest BCUT2D eigenvalue weighted by molar-refractivity contribution is -0.111. The molecule has 27 heavy (non-hydrogen) atoms. The van der Waals surface area contributed by atoms with Gasteiger partial charge in [0.25, 0.3) is 0 Å². The summed E-state index contributed by atoms with van der Waals surface area (Å²) in [4.78, 5) is 20.6. The maximum Gasteiger partial charge on any atom is 0.248 e. The van der Waals surface area contributed by atoms with Crippen LogP contribution in [0.1, 0.15) is 16.3 Å². The van der Waals surface area contributed by atoms with Gasteiger partial charge in [-0.05, 0) is 25.1 Å². The number of aromatic nitrogens is 2. The van der Waals surface area contributed by atoms with Crippen molar-refractivity contribution in [3.8, 4) is 11.6 Å². The fraction of sp³-hybridized carbons (Fsp3) is 0.150. The van der Waals surface area contributed by atoms with E-state index in [9.17, 15) is 4.79 Å². The Bertz CT molecular complexity index is 936. The van der Waals surface area contributed by atoms with Crippen LogP contribution in [0.5, 0.6) is 11.6 Å². The third-order valence-corrected chi connectivity index (χ3v) is 4.41. The SMILES string of the molecule is COc1ccc(NC(=O)/C=C/c2ccccc2OCc2csc(C)n2)cn1. The summed E-state index contributed by atoms with van der Waals surface area (Å²) < 4.78 is 10.8. The lowest BCUT2D eigenvalue weighted by Crippen LogP contribution is -2.08. The number of benzene rings is 1. The third-order valence-electron chi connectivity index (χ3n) is 3.59. The number of aryl methyl sites for hydroxylation is 1. The summed E-state index contributed by atoms with van der Waals surface area (Å²) in [7, 11) is 1.54. The second kappa shape index (κ2) is 8.95. The van der Waals surface area contributed by atoms with Crippen LogP contribution < -0.4 is 14.8 Å². The molecule has 0 atom stereocenters. The third kappa shape index (κ3) is 5.39. The van der Waals surface area contributed by atoms with Gasteiger partial charge in [-0.25, -0.2) is 9.97 Å². The molecule has 138 valence electrons. The first kappa shape index (κ1) is 18.6. The molecule has 3 rings (SSSR count). The lowest BCUT2D eigenvalue weighted by atomic mass is 10.2. The fourth-order valence-corrected chi connectivity index (χ4v) is 2.90. The fourth-order valence-electron chi connectivity index (χ4n) is 2.30. The van der Waals surface area contributed by atoms with Crippen molar-refractivity contribution in [2.45, 2.75) is 13.5 Å². The summed E-state index contributed by atoms with van der Waals surface area (Å²) in [6.07, 6.45) is 4.71. The van der Waals surface area contributed by atoms with E-state index >= 15 is 0 Å². The molecule has 6 nitrogen and oxygen atoms in total. The molecule has 3 aromatic rings. The first-order valence-electron chi connectivity index (χ1n) is 8.26. The first-order valence-corrected chi connectivity index (χ1v) is 9.14. The maximum atomic E-state index is 12.1. The van der Waals surface area contributed by atoms with Gasteiger partial charge in [-0.15, -0.1) is 11.3 Å². The van der Waals surface area contributed by atoms with Gasteiger partial charge in [0.05, 0.1) is 29.7 Å². The van der Waals surface area contributed by atoms with E-state index in [0.29, 0.717) is 23.9 Å². The van der Waals surface area contributed by atoms with E-state index < -0.39 is 0 Å². The van der Waals surface area contributed by atoms with Crippen LogP contribution in [-0.4, -0.2) is 23.0 Å². The minimum absolute atomic E-state index is 0.258. The van der Waals surface area contributed by atoms with Gasteiger partial charge < -0.3 is 14.8 Å². The lowest BCUT2D eigenvalue weighted by Gasteiger charge is -2.08. The Morgan fingerprint density at radius 2 is 2.11 bits per heavy atom. The van der Waals surface area contributed by atoms with Crippen molar-refractivity contribution in [1.82, 2.24) is 9.97 Å². The standard InChI is InChI=1S/C20H19N3O3S/c1-14-22-17(13-27-14)12-26-18-6-4-3-5-15(18)7-9-19(24)23-16-8-10-20(25-2)21-11-16/h3-11,13H,12H2,1-2H3,(H,23,24)/b9-7+. The summed E-state index contributed by atoms with van der Waals surface area (Å²) in [5.74, 6) is 0.926. The Hall–Kier alpha value is -3.19. The van der Waals surface area contributed by atoms with E-state index in [1.54, 1.807) is 36.7 Å². The minimum atomic E-state index is -0.258. The normalized spacial score (nSPS) is 10.7. The van der Waals surface area contributed by atoms with E-state index in [-0.39, 0.29) is 5.91 Å². The molecular weight excluding hydrogens is 362 g/mol. The number of nitrogens with zero attached hydrogens (tertiary/aromatic N) is 2. The molecule has 0 aliphatic heterocycles. The molecule has 7 heteroatoms. The number of amides is 1. The maximum absolute atomic E-state index is 12.1. The van der Waals surface area contributed by atoms with Crippen molar-refractivity contribution in [2.24, 2.45) is 0 Å². The molecule has 1 aromatic carbocycles. The average molecular weight is 381 g/mol. The average Bonchev–Trinajstić information content (AvgIpc) is 3.11. The zero-order chi connectivity index (χ0) is 19.1. The Labute approximate surface area is 161 Å². The van der Waals surface area contributed by atoms with Crippen LogP contribution in [0.25, 0.3) is 6.08 Å². The molecule has 0 radical (unpaired) electrons. The quantitative estimate of drug-likeness (QED) is 0.624. The zero-order valence-corrected chi connectivity index (χ0v) is 15.8. The van der Waals surface area contributed by atoms with Crippen molar-refractivity contribution >= 4 is 29.0 Å². The van der Waals surface area contributed by atoms with Crippen molar-refractivity contribution in [2.75, 3.05) is 12.4 Å². The summed E-state index contributed by atoms with van der Waals surface area (Å²) in [6.45, 7) is 2.35. The highest BCUT2D eigenvalue weighted by atomic mass is 32.1. The number of hydrogen-bond donors (Lipinski definition) is 1. The number of carbonyl (C=O) groups excluding carboxylic acids is 1. The molecule has 0 saturated carbocycles. The second-order valence-electron chi connectivity index (χ2n) is 5.60. The Balaban J connectivity index is 1.62. The van der Waals surface area contributed by atoms with E-state index in [0.717, 1.165) is 16.3 Å². The summed E-state index contributed by atoms with van der Waals surface area (Å²) >= 11 is 1.59. The predicted molar refractivity (Wildman–Crippen MR) is 106 cm³/mol. The molecule has 0 bridgehead atoms. The van der Waals surface area contributed by atoms with Crippen LogP contribution in [0.2, 0.25) is 0 Å². The van der Waals surface area contributed by atoms with E-state index in [1.165, 1.54) is 12.3 Å². The Kier molecular flexibility index (Phi) is 6.17. The molecule has 0 aliphatic rings. The number of methoxy groups -OCH3 is 1. The summed E-state index contributed by atoms with van der Waals surface area (Å²) in [5.41, 5.74) is 2.29. The van der Waals surface area contributed by atoms with Gasteiger partial charge in [-0.3, -0.25) is 4.79 Å². The molecule has 1 amide bonds. The monoisotopic (exact) mass is 381 g/mol. The molecule has 0 fully saturated rings. The number of hydrogen-bond acceptors (Lipinski definition) is 6. The molecule has 0 aliphatic carbocycles. The van der Waals surface area contributed by atoms with Gasteiger partial charge >= 0.3 is 0 Å². The molecule has 2 heterocycles.